The van der Waals surface area contributed by atoms with Crippen molar-refractivity contribution >= 4 is 15.5 Å². The van der Waals surface area contributed by atoms with E-state index in [4.69, 9.17) is 5.73 Å². The van der Waals surface area contributed by atoms with Crippen LogP contribution in [0.3, 0.4) is 0 Å². The van der Waals surface area contributed by atoms with E-state index in [1.54, 1.807) is 23.1 Å². The summed E-state index contributed by atoms with van der Waals surface area (Å²) >= 11 is 0. The molecule has 0 radical (unpaired) electrons. The quantitative estimate of drug-likeness (QED) is 0.812. The monoisotopic (exact) mass is 294 g/mol. The first-order valence-corrected chi connectivity index (χ1v) is 8.28. The third-order valence-corrected chi connectivity index (χ3v) is 4.69. The van der Waals surface area contributed by atoms with Crippen molar-refractivity contribution in [3.63, 3.8) is 0 Å². The lowest BCUT2D eigenvalue weighted by molar-refractivity contribution is 0.579. The molecule has 0 bridgehead atoms. The molecule has 20 heavy (non-hydrogen) atoms. The van der Waals surface area contributed by atoms with Crippen LogP contribution in [0.15, 0.2) is 30.6 Å². The van der Waals surface area contributed by atoms with Gasteiger partial charge in [-0.25, -0.2) is 13.4 Å². The zero-order valence-corrected chi connectivity index (χ0v) is 12.2. The van der Waals surface area contributed by atoms with Crippen LogP contribution in [0.4, 0.5) is 5.69 Å². The maximum absolute atomic E-state index is 11.6. The number of aromatic nitrogens is 3. The lowest BCUT2D eigenvalue weighted by Crippen LogP contribution is -2.16. The van der Waals surface area contributed by atoms with Gasteiger partial charge in [-0.2, -0.15) is 5.10 Å². The molecule has 0 atom stereocenters. The van der Waals surface area contributed by atoms with Crippen LogP contribution >= 0.6 is 0 Å². The number of hydrogen-bond acceptors (Lipinski definition) is 5. The summed E-state index contributed by atoms with van der Waals surface area (Å²) in [6.45, 7) is 2.18. The Morgan fingerprint density at radius 1 is 1.20 bits per heavy atom. The molecule has 6 nitrogen and oxygen atoms in total. The van der Waals surface area contributed by atoms with Crippen LogP contribution < -0.4 is 5.73 Å². The lowest BCUT2D eigenvalue weighted by Gasteiger charge is -2.02. The van der Waals surface area contributed by atoms with E-state index in [-0.39, 0.29) is 11.5 Å². The van der Waals surface area contributed by atoms with Crippen molar-refractivity contribution in [1.82, 2.24) is 14.8 Å². The van der Waals surface area contributed by atoms with Gasteiger partial charge >= 0.3 is 0 Å². The molecule has 0 saturated heterocycles. The summed E-state index contributed by atoms with van der Waals surface area (Å²) in [6.07, 6.45) is 2.18. The van der Waals surface area contributed by atoms with Gasteiger partial charge in [0.2, 0.25) is 0 Å². The van der Waals surface area contributed by atoms with E-state index in [0.29, 0.717) is 24.5 Å². The highest BCUT2D eigenvalue weighted by atomic mass is 32.2. The Labute approximate surface area is 118 Å². The van der Waals surface area contributed by atoms with Gasteiger partial charge in [-0.15, -0.1) is 0 Å². The molecule has 1 aromatic carbocycles. The Morgan fingerprint density at radius 2 is 1.90 bits per heavy atom. The van der Waals surface area contributed by atoms with Crippen LogP contribution in [0.5, 0.6) is 0 Å². The predicted octanol–water partition coefficient (Wildman–Crippen LogP) is 1.35. The fourth-order valence-corrected chi connectivity index (χ4v) is 3.10. The van der Waals surface area contributed by atoms with Gasteiger partial charge in [-0.05, 0) is 30.7 Å². The Morgan fingerprint density at radius 3 is 2.55 bits per heavy atom. The number of aryl methyl sites for hydroxylation is 1. The molecular weight excluding hydrogens is 276 g/mol. The largest absolute Gasteiger partial charge is 0.399 e. The Hall–Kier alpha value is -1.89. The van der Waals surface area contributed by atoms with Gasteiger partial charge in [0, 0.05) is 17.0 Å². The van der Waals surface area contributed by atoms with E-state index in [9.17, 15) is 8.42 Å². The minimum absolute atomic E-state index is 0.0887. The van der Waals surface area contributed by atoms with Gasteiger partial charge in [0.25, 0.3) is 0 Å². The van der Waals surface area contributed by atoms with Crippen LogP contribution in [0.1, 0.15) is 13.3 Å². The number of nitrogen functional groups attached to an aromatic ring is 1. The smallest absolute Gasteiger partial charge is 0.181 e. The van der Waals surface area contributed by atoms with E-state index in [2.05, 4.69) is 10.1 Å². The molecule has 0 aliphatic carbocycles. The maximum Gasteiger partial charge on any atom is 0.181 e. The molecule has 2 N–H and O–H groups in total. The van der Waals surface area contributed by atoms with Crippen molar-refractivity contribution in [3.05, 3.63) is 30.6 Å². The molecule has 1 heterocycles. The summed E-state index contributed by atoms with van der Waals surface area (Å²) in [5.41, 5.74) is 7.16. The predicted molar refractivity (Wildman–Crippen MR) is 78.8 cm³/mol. The van der Waals surface area contributed by atoms with E-state index >= 15 is 0 Å². The molecule has 0 spiro atoms. The first-order chi connectivity index (χ1) is 9.50. The van der Waals surface area contributed by atoms with Crippen LogP contribution in [-0.2, 0) is 16.4 Å². The van der Waals surface area contributed by atoms with Crippen molar-refractivity contribution in [1.29, 1.82) is 0 Å². The number of hydrogen-bond donors (Lipinski definition) is 1. The highest BCUT2D eigenvalue weighted by Gasteiger charge is 2.10. The minimum atomic E-state index is -3.00. The van der Waals surface area contributed by atoms with Gasteiger partial charge in [0.1, 0.15) is 6.33 Å². The average Bonchev–Trinajstić information content (AvgIpc) is 2.86. The summed E-state index contributed by atoms with van der Waals surface area (Å²) in [5.74, 6) is 0.871. The summed E-state index contributed by atoms with van der Waals surface area (Å²) < 4.78 is 24.8. The lowest BCUT2D eigenvalue weighted by atomic mass is 10.2. The zero-order valence-electron chi connectivity index (χ0n) is 11.4. The maximum atomic E-state index is 11.6. The Balaban J connectivity index is 2.04. The highest BCUT2D eigenvalue weighted by molar-refractivity contribution is 7.91. The van der Waals surface area contributed by atoms with Crippen molar-refractivity contribution in [2.45, 2.75) is 19.9 Å². The summed E-state index contributed by atoms with van der Waals surface area (Å²) in [7, 11) is -3.00. The van der Waals surface area contributed by atoms with Gasteiger partial charge in [-0.1, -0.05) is 6.92 Å². The molecule has 0 unspecified atom stereocenters. The van der Waals surface area contributed by atoms with E-state index in [1.165, 1.54) is 0 Å². The summed E-state index contributed by atoms with van der Waals surface area (Å²) in [6, 6.07) is 7.23. The first kappa shape index (κ1) is 14.5. The summed E-state index contributed by atoms with van der Waals surface area (Å²) in [5, 5.41) is 4.27. The Bertz CT molecular complexity index is 662. The fraction of sp³-hybridized carbons (Fsp3) is 0.385. The van der Waals surface area contributed by atoms with Gasteiger partial charge in [0.15, 0.2) is 15.7 Å². The molecule has 0 saturated carbocycles. The fourth-order valence-electron chi connectivity index (χ4n) is 1.81. The molecule has 0 amide bonds. The van der Waals surface area contributed by atoms with Crippen molar-refractivity contribution in [2.75, 3.05) is 17.2 Å². The molecule has 0 fully saturated rings. The zero-order chi connectivity index (χ0) is 14.6. The molecule has 108 valence electrons. The molecule has 0 aliphatic heterocycles. The number of nitrogens with zero attached hydrogens (tertiary/aromatic N) is 3. The third-order valence-electron chi connectivity index (χ3n) is 2.85. The van der Waals surface area contributed by atoms with E-state index < -0.39 is 9.84 Å². The molecule has 7 heteroatoms. The van der Waals surface area contributed by atoms with E-state index in [1.807, 2.05) is 19.1 Å². The number of nitrogens with two attached hydrogens (primary N) is 1. The van der Waals surface area contributed by atoms with Crippen molar-refractivity contribution in [3.8, 4) is 11.4 Å². The molecular formula is C13H18N4O2S. The van der Waals surface area contributed by atoms with Crippen molar-refractivity contribution in [2.24, 2.45) is 0 Å². The number of rotatable bonds is 6. The van der Waals surface area contributed by atoms with E-state index in [0.717, 1.165) is 5.56 Å². The molecule has 0 aliphatic rings. The first-order valence-electron chi connectivity index (χ1n) is 6.46. The minimum Gasteiger partial charge on any atom is -0.399 e. The second kappa shape index (κ2) is 6.04. The third kappa shape index (κ3) is 3.80. The van der Waals surface area contributed by atoms with Gasteiger partial charge in [0.05, 0.1) is 12.3 Å². The van der Waals surface area contributed by atoms with Crippen LogP contribution in [-0.4, -0.2) is 34.7 Å². The number of benzene rings is 1. The second-order valence-corrected chi connectivity index (χ2v) is 6.91. The second-order valence-electron chi connectivity index (χ2n) is 4.61. The van der Waals surface area contributed by atoms with Crippen LogP contribution in [0, 0.1) is 0 Å². The van der Waals surface area contributed by atoms with Gasteiger partial charge in [-0.3, -0.25) is 4.68 Å². The standard InChI is InChI=1S/C13H18N4O2S/c1-2-8-20(18,19)9-7-17-10-15-13(16-17)11-3-5-12(14)6-4-11/h3-6,10H,2,7-9,14H2,1H3. The molecule has 2 aromatic rings. The van der Waals surface area contributed by atoms with Crippen LogP contribution in [0.2, 0.25) is 0 Å². The Kier molecular flexibility index (Phi) is 4.39. The molecule has 2 rings (SSSR count). The average molecular weight is 294 g/mol. The normalized spacial score (nSPS) is 11.7. The van der Waals surface area contributed by atoms with Gasteiger partial charge < -0.3 is 5.73 Å². The molecule has 1 aromatic heterocycles. The van der Waals surface area contributed by atoms with Crippen molar-refractivity contribution < 1.29 is 8.42 Å². The number of anilines is 1. The summed E-state index contributed by atoms with van der Waals surface area (Å²) in [4.78, 5) is 4.18. The number of sulfone groups is 1. The SMILES string of the molecule is CCCS(=O)(=O)CCn1cnc(-c2ccc(N)cc2)n1. The highest BCUT2D eigenvalue weighted by Crippen LogP contribution is 2.15. The van der Waals surface area contributed by atoms with Crippen LogP contribution in [0.25, 0.3) is 11.4 Å². The topological polar surface area (TPSA) is 90.9 Å².